The predicted molar refractivity (Wildman–Crippen MR) is 120 cm³/mol. The Bertz CT molecular complexity index is 1130. The third-order valence-corrected chi connectivity index (χ3v) is 7.32. The summed E-state index contributed by atoms with van der Waals surface area (Å²) >= 11 is 0. The lowest BCUT2D eigenvalue weighted by Gasteiger charge is -2.27. The summed E-state index contributed by atoms with van der Waals surface area (Å²) in [5.74, 6) is 0.0995. The van der Waals surface area contributed by atoms with Gasteiger partial charge in [-0.05, 0) is 29.7 Å². The Labute approximate surface area is 187 Å². The third-order valence-electron chi connectivity index (χ3n) is 5.57. The fourth-order valence-electron chi connectivity index (χ4n) is 3.81. The summed E-state index contributed by atoms with van der Waals surface area (Å²) in [6, 6.07) is 16.7. The van der Waals surface area contributed by atoms with Gasteiger partial charge in [0.25, 0.3) is 5.91 Å². The fourth-order valence-corrected chi connectivity index (χ4v) is 5.51. The number of hydrogen-bond acceptors (Lipinski definition) is 6. The van der Waals surface area contributed by atoms with Crippen LogP contribution in [0.2, 0.25) is 0 Å². The second-order valence-corrected chi connectivity index (χ2v) is 10.1. The zero-order chi connectivity index (χ0) is 22.6. The number of hydrazone groups is 1. The fraction of sp³-hybridized carbons (Fsp3) is 0.348. The van der Waals surface area contributed by atoms with Gasteiger partial charge in [0.1, 0.15) is 18.1 Å². The number of ether oxygens (including phenoxy) is 1. The van der Waals surface area contributed by atoms with Crippen LogP contribution in [0.3, 0.4) is 0 Å². The van der Waals surface area contributed by atoms with Crippen molar-refractivity contribution in [2.75, 3.05) is 11.5 Å². The molecule has 0 saturated carbocycles. The molecule has 2 aliphatic heterocycles. The van der Waals surface area contributed by atoms with Crippen LogP contribution in [0.4, 0.5) is 0 Å². The number of nitrogens with zero attached hydrogens (tertiary/aromatic N) is 2. The first-order valence-electron chi connectivity index (χ1n) is 10.5. The first-order chi connectivity index (χ1) is 15.4. The van der Waals surface area contributed by atoms with E-state index in [9.17, 15) is 18.0 Å². The van der Waals surface area contributed by atoms with Crippen molar-refractivity contribution in [1.29, 1.82) is 0 Å². The molecule has 4 rings (SSSR count). The number of sulfone groups is 1. The quantitative estimate of drug-likeness (QED) is 0.688. The maximum Gasteiger partial charge on any atom is 0.267 e. The molecule has 9 heteroatoms. The minimum Gasteiger partial charge on any atom is -0.489 e. The Morgan fingerprint density at radius 2 is 1.78 bits per heavy atom. The number of nitrogens with one attached hydrogen (secondary N) is 1. The summed E-state index contributed by atoms with van der Waals surface area (Å²) < 4.78 is 29.4. The van der Waals surface area contributed by atoms with Crippen LogP contribution < -0.4 is 10.1 Å². The molecule has 0 aliphatic carbocycles. The molecule has 0 radical (unpaired) electrons. The molecule has 1 unspecified atom stereocenters. The van der Waals surface area contributed by atoms with Gasteiger partial charge in [-0.15, -0.1) is 0 Å². The molecule has 1 N–H and O–H groups in total. The summed E-state index contributed by atoms with van der Waals surface area (Å²) in [7, 11) is -3.16. The van der Waals surface area contributed by atoms with E-state index in [1.165, 1.54) is 5.01 Å². The normalized spacial score (nSPS) is 20.0. The molecule has 168 valence electrons. The van der Waals surface area contributed by atoms with E-state index in [0.29, 0.717) is 13.0 Å². The maximum absolute atomic E-state index is 12.7. The van der Waals surface area contributed by atoms with Gasteiger partial charge in [0.05, 0.1) is 17.5 Å². The number of para-hydroxylation sites is 1. The summed E-state index contributed by atoms with van der Waals surface area (Å²) in [5.41, 5.74) is 2.12. The second kappa shape index (κ2) is 9.52. The first kappa shape index (κ1) is 22.0. The molecule has 2 aromatic carbocycles. The van der Waals surface area contributed by atoms with Crippen LogP contribution in [0, 0.1) is 0 Å². The van der Waals surface area contributed by atoms with Gasteiger partial charge in [0.15, 0.2) is 9.84 Å². The number of benzene rings is 2. The largest absolute Gasteiger partial charge is 0.489 e. The molecule has 2 aliphatic rings. The van der Waals surface area contributed by atoms with E-state index in [1.54, 1.807) is 0 Å². The number of carbonyl (C=O) groups excluding carboxylic acids is 2. The van der Waals surface area contributed by atoms with Crippen molar-refractivity contribution < 1.29 is 22.7 Å². The van der Waals surface area contributed by atoms with Crippen LogP contribution in [-0.4, -0.2) is 48.5 Å². The summed E-state index contributed by atoms with van der Waals surface area (Å²) in [6.07, 6.45) is 0.727. The Kier molecular flexibility index (Phi) is 6.55. The van der Waals surface area contributed by atoms with Crippen molar-refractivity contribution in [3.05, 3.63) is 65.7 Å². The van der Waals surface area contributed by atoms with Gasteiger partial charge in [-0.1, -0.05) is 42.5 Å². The van der Waals surface area contributed by atoms with Crippen molar-refractivity contribution >= 4 is 27.4 Å². The van der Waals surface area contributed by atoms with E-state index in [-0.39, 0.29) is 48.4 Å². The highest BCUT2D eigenvalue weighted by Gasteiger charge is 2.37. The van der Waals surface area contributed by atoms with Crippen LogP contribution in [-0.2, 0) is 32.6 Å². The molecule has 2 amide bonds. The number of amides is 2. The van der Waals surface area contributed by atoms with E-state index in [1.807, 2.05) is 54.6 Å². The van der Waals surface area contributed by atoms with Gasteiger partial charge in [0, 0.05) is 19.4 Å². The maximum atomic E-state index is 12.7. The highest BCUT2D eigenvalue weighted by atomic mass is 32.2. The molecule has 8 nitrogen and oxygen atoms in total. The lowest BCUT2D eigenvalue weighted by molar-refractivity contribution is -0.133. The summed E-state index contributed by atoms with van der Waals surface area (Å²) in [5, 5.41) is 8.29. The molecule has 1 atom stereocenters. The minimum atomic E-state index is -3.16. The molecular formula is C23H25N3O5S. The zero-order valence-corrected chi connectivity index (χ0v) is 18.4. The van der Waals surface area contributed by atoms with Gasteiger partial charge in [-0.2, -0.15) is 5.10 Å². The van der Waals surface area contributed by atoms with E-state index in [4.69, 9.17) is 4.74 Å². The lowest BCUT2D eigenvalue weighted by atomic mass is 10.1. The zero-order valence-electron chi connectivity index (χ0n) is 17.6. The molecule has 0 spiro atoms. The first-order valence-corrected chi connectivity index (χ1v) is 12.4. The molecule has 0 aromatic heterocycles. The van der Waals surface area contributed by atoms with Crippen LogP contribution in [0.15, 0.2) is 59.7 Å². The highest BCUT2D eigenvalue weighted by molar-refractivity contribution is 7.91. The van der Waals surface area contributed by atoms with Gasteiger partial charge in [-0.3, -0.25) is 9.59 Å². The van der Waals surface area contributed by atoms with Crippen molar-refractivity contribution in [3.63, 3.8) is 0 Å². The smallest absolute Gasteiger partial charge is 0.267 e. The van der Waals surface area contributed by atoms with E-state index in [2.05, 4.69) is 10.4 Å². The molecule has 32 heavy (non-hydrogen) atoms. The highest BCUT2D eigenvalue weighted by Crippen LogP contribution is 2.22. The topological polar surface area (TPSA) is 105 Å². The molecular weight excluding hydrogens is 430 g/mol. The summed E-state index contributed by atoms with van der Waals surface area (Å²) in [4.78, 5) is 25.0. The molecule has 1 saturated heterocycles. The SMILES string of the molecule is O=C(NCc1ccccc1COc1ccccc1)C1=NN(C2CCS(=O)(=O)C2)C(=O)CC1. The molecule has 2 aromatic rings. The van der Waals surface area contributed by atoms with E-state index in [0.717, 1.165) is 16.9 Å². The van der Waals surface area contributed by atoms with Crippen molar-refractivity contribution in [1.82, 2.24) is 10.3 Å². The van der Waals surface area contributed by atoms with E-state index < -0.39 is 15.9 Å². The predicted octanol–water partition coefficient (Wildman–Crippen LogP) is 2.05. The number of carbonyl (C=O) groups is 2. The number of hydrogen-bond donors (Lipinski definition) is 1. The van der Waals surface area contributed by atoms with Crippen molar-refractivity contribution in [2.24, 2.45) is 5.10 Å². The van der Waals surface area contributed by atoms with Crippen LogP contribution in [0.1, 0.15) is 30.4 Å². The van der Waals surface area contributed by atoms with Crippen LogP contribution in [0.25, 0.3) is 0 Å². The van der Waals surface area contributed by atoms with Gasteiger partial charge >= 0.3 is 0 Å². The average Bonchev–Trinajstić information content (AvgIpc) is 3.17. The molecule has 1 fully saturated rings. The standard InChI is InChI=1S/C23H25N3O5S/c27-22-11-10-21(25-26(22)19-12-13-32(29,30)16-19)23(28)24-14-17-6-4-5-7-18(17)15-31-20-8-2-1-3-9-20/h1-9,19H,10-16H2,(H,24,28). The second-order valence-electron chi connectivity index (χ2n) is 7.89. The summed E-state index contributed by atoms with van der Waals surface area (Å²) in [6.45, 7) is 0.660. The molecule has 2 heterocycles. The third kappa shape index (κ3) is 5.34. The van der Waals surface area contributed by atoms with E-state index >= 15 is 0 Å². The molecule has 0 bridgehead atoms. The lowest BCUT2D eigenvalue weighted by Crippen LogP contribution is -2.43. The van der Waals surface area contributed by atoms with Gasteiger partial charge in [0.2, 0.25) is 5.91 Å². The van der Waals surface area contributed by atoms with Crippen LogP contribution >= 0.6 is 0 Å². The Balaban J connectivity index is 1.39. The van der Waals surface area contributed by atoms with Crippen LogP contribution in [0.5, 0.6) is 5.75 Å². The Hall–Kier alpha value is -3.20. The average molecular weight is 456 g/mol. The van der Waals surface area contributed by atoms with Crippen molar-refractivity contribution in [3.8, 4) is 5.75 Å². The Morgan fingerprint density at radius 3 is 2.50 bits per heavy atom. The Morgan fingerprint density at radius 1 is 1.06 bits per heavy atom. The monoisotopic (exact) mass is 455 g/mol. The van der Waals surface area contributed by atoms with Gasteiger partial charge < -0.3 is 10.1 Å². The number of rotatable bonds is 7. The van der Waals surface area contributed by atoms with Gasteiger partial charge in [-0.25, -0.2) is 13.4 Å². The minimum absolute atomic E-state index is 0.0420. The van der Waals surface area contributed by atoms with Crippen molar-refractivity contribution in [2.45, 2.75) is 38.5 Å².